The van der Waals surface area contributed by atoms with Crippen molar-refractivity contribution in [2.24, 2.45) is 5.92 Å². The van der Waals surface area contributed by atoms with Gasteiger partial charge in [0, 0.05) is 30.3 Å². The van der Waals surface area contributed by atoms with Crippen LogP contribution < -0.4 is 15.0 Å². The molecule has 1 N–H and O–H groups in total. The summed E-state index contributed by atoms with van der Waals surface area (Å²) in [5.41, 5.74) is 1.64. The Morgan fingerprint density at radius 3 is 2.79 bits per heavy atom. The fourth-order valence-corrected chi connectivity index (χ4v) is 3.47. The third-order valence-corrected chi connectivity index (χ3v) is 5.10. The molecule has 0 unspecified atom stereocenters. The number of rotatable bonds is 5. The second-order valence-electron chi connectivity index (χ2n) is 6.88. The van der Waals surface area contributed by atoms with Crippen molar-refractivity contribution in [3.8, 4) is 5.75 Å². The average molecular weight is 402 g/mol. The Morgan fingerprint density at radius 2 is 2.03 bits per heavy atom. The summed E-state index contributed by atoms with van der Waals surface area (Å²) < 4.78 is 31.1. The lowest BCUT2D eigenvalue weighted by Gasteiger charge is -2.32. The number of benzene rings is 1. The molecule has 0 saturated carbocycles. The third kappa shape index (κ3) is 4.10. The number of nitrogens with zero attached hydrogens (tertiary/aromatic N) is 5. The lowest BCUT2D eigenvalue weighted by molar-refractivity contribution is -0.120. The monoisotopic (exact) mass is 402 g/mol. The van der Waals surface area contributed by atoms with Crippen LogP contribution in [0.3, 0.4) is 0 Å². The molecule has 29 heavy (non-hydrogen) atoms. The highest BCUT2D eigenvalue weighted by molar-refractivity contribution is 5.93. The van der Waals surface area contributed by atoms with Crippen LogP contribution in [0.5, 0.6) is 5.75 Å². The maximum Gasteiger partial charge on any atom is 0.387 e. The first-order valence-electron chi connectivity index (χ1n) is 9.28. The summed E-state index contributed by atoms with van der Waals surface area (Å²) in [7, 11) is 0. The van der Waals surface area contributed by atoms with Gasteiger partial charge in [0.25, 0.3) is 0 Å². The third-order valence-electron chi connectivity index (χ3n) is 5.10. The van der Waals surface area contributed by atoms with E-state index < -0.39 is 6.61 Å². The summed E-state index contributed by atoms with van der Waals surface area (Å²) in [6, 6.07) is 8.46. The minimum Gasteiger partial charge on any atom is -0.434 e. The van der Waals surface area contributed by atoms with Crippen LogP contribution in [0.1, 0.15) is 18.4 Å². The van der Waals surface area contributed by atoms with E-state index in [1.165, 1.54) is 6.07 Å². The predicted octanol–water partition coefficient (Wildman–Crippen LogP) is 2.89. The molecule has 0 atom stereocenters. The Bertz CT molecular complexity index is 1020. The number of amides is 1. The van der Waals surface area contributed by atoms with Crippen molar-refractivity contribution < 1.29 is 18.3 Å². The highest BCUT2D eigenvalue weighted by Crippen LogP contribution is 2.28. The molecule has 4 rings (SSSR count). The number of hydrogen-bond donors (Lipinski definition) is 1. The van der Waals surface area contributed by atoms with Gasteiger partial charge >= 0.3 is 6.61 Å². The van der Waals surface area contributed by atoms with E-state index in [2.05, 4.69) is 30.2 Å². The molecule has 152 valence electrons. The Balaban J connectivity index is 1.38. The van der Waals surface area contributed by atoms with Gasteiger partial charge in [-0.15, -0.1) is 15.3 Å². The topological polar surface area (TPSA) is 84.7 Å². The van der Waals surface area contributed by atoms with Crippen LogP contribution in [0.4, 0.5) is 20.3 Å². The summed E-state index contributed by atoms with van der Waals surface area (Å²) in [6.07, 6.45) is 2.88. The minimum absolute atomic E-state index is 0.0584. The number of hydrogen-bond acceptors (Lipinski definition) is 6. The van der Waals surface area contributed by atoms with Crippen LogP contribution >= 0.6 is 0 Å². The van der Waals surface area contributed by atoms with Crippen LogP contribution in [0.2, 0.25) is 0 Å². The Morgan fingerprint density at radius 1 is 1.24 bits per heavy atom. The van der Waals surface area contributed by atoms with Gasteiger partial charge in [-0.25, -0.2) is 0 Å². The SMILES string of the molecule is Cc1c(NC(=O)C2CCN(c3ccc4nncn4n3)CC2)cccc1OC(F)F. The number of nitrogens with one attached hydrogen (secondary N) is 1. The van der Waals surface area contributed by atoms with E-state index in [1.807, 2.05) is 12.1 Å². The molecule has 3 heterocycles. The first-order valence-corrected chi connectivity index (χ1v) is 9.28. The summed E-state index contributed by atoms with van der Waals surface area (Å²) in [4.78, 5) is 14.8. The molecule has 1 aliphatic heterocycles. The standard InChI is InChI=1S/C19H20F2N6O2/c1-12-14(3-2-4-15(12)29-19(20)21)23-18(28)13-7-9-26(10-8-13)17-6-5-16-24-22-11-27(16)25-17/h2-6,11,13,19H,7-10H2,1H3,(H,23,28). The number of fused-ring (bicyclic) bond motifs is 1. The average Bonchev–Trinajstić information content (AvgIpc) is 3.18. The van der Waals surface area contributed by atoms with Gasteiger partial charge in [0.05, 0.1) is 0 Å². The van der Waals surface area contributed by atoms with E-state index in [4.69, 9.17) is 0 Å². The van der Waals surface area contributed by atoms with Gasteiger partial charge < -0.3 is 15.0 Å². The molecule has 2 aromatic heterocycles. The van der Waals surface area contributed by atoms with Crippen LogP contribution in [0.25, 0.3) is 5.65 Å². The largest absolute Gasteiger partial charge is 0.434 e. The van der Waals surface area contributed by atoms with Gasteiger partial charge in [-0.05, 0) is 44.0 Å². The molecule has 1 saturated heterocycles. The molecule has 1 aliphatic rings. The smallest absolute Gasteiger partial charge is 0.387 e. The molecule has 0 spiro atoms. The Hall–Kier alpha value is -3.30. The molecule has 0 radical (unpaired) electrons. The molecule has 1 fully saturated rings. The van der Waals surface area contributed by atoms with Gasteiger partial charge in [0.1, 0.15) is 17.9 Å². The number of anilines is 2. The highest BCUT2D eigenvalue weighted by Gasteiger charge is 2.26. The molecule has 3 aromatic rings. The number of alkyl halides is 2. The summed E-state index contributed by atoms with van der Waals surface area (Å²) in [6.45, 7) is 0.108. The summed E-state index contributed by atoms with van der Waals surface area (Å²) in [5.74, 6) is 0.583. The van der Waals surface area contributed by atoms with E-state index in [9.17, 15) is 13.6 Å². The van der Waals surface area contributed by atoms with Crippen LogP contribution in [-0.4, -0.2) is 45.4 Å². The van der Waals surface area contributed by atoms with Crippen molar-refractivity contribution in [1.82, 2.24) is 19.8 Å². The zero-order valence-electron chi connectivity index (χ0n) is 15.8. The quantitative estimate of drug-likeness (QED) is 0.707. The second-order valence-corrected chi connectivity index (χ2v) is 6.88. The fraction of sp³-hybridized carbons (Fsp3) is 0.368. The molecule has 10 heteroatoms. The summed E-state index contributed by atoms with van der Waals surface area (Å²) in [5, 5.41) is 15.1. The number of piperidine rings is 1. The van der Waals surface area contributed by atoms with Gasteiger partial charge in [-0.2, -0.15) is 13.3 Å². The van der Waals surface area contributed by atoms with Crippen molar-refractivity contribution in [3.05, 3.63) is 42.2 Å². The number of carbonyl (C=O) groups is 1. The van der Waals surface area contributed by atoms with Crippen LogP contribution in [-0.2, 0) is 4.79 Å². The van der Waals surface area contributed by atoms with Crippen molar-refractivity contribution in [2.75, 3.05) is 23.3 Å². The molecular weight excluding hydrogens is 382 g/mol. The van der Waals surface area contributed by atoms with E-state index >= 15 is 0 Å². The zero-order chi connectivity index (χ0) is 20.4. The Kier molecular flexibility index (Phi) is 5.24. The van der Waals surface area contributed by atoms with E-state index in [-0.39, 0.29) is 17.6 Å². The zero-order valence-corrected chi connectivity index (χ0v) is 15.8. The first kappa shape index (κ1) is 19.0. The predicted molar refractivity (Wildman–Crippen MR) is 102 cm³/mol. The number of halogens is 2. The fourth-order valence-electron chi connectivity index (χ4n) is 3.47. The lowest BCUT2D eigenvalue weighted by atomic mass is 9.95. The van der Waals surface area contributed by atoms with Crippen molar-refractivity contribution in [3.63, 3.8) is 0 Å². The molecule has 1 amide bonds. The molecule has 0 aliphatic carbocycles. The maximum absolute atomic E-state index is 12.7. The lowest BCUT2D eigenvalue weighted by Crippen LogP contribution is -2.38. The van der Waals surface area contributed by atoms with Gasteiger partial charge in [0.2, 0.25) is 5.91 Å². The van der Waals surface area contributed by atoms with Gasteiger partial charge in [-0.3, -0.25) is 4.79 Å². The molecular formula is C19H20F2N6O2. The molecule has 8 nitrogen and oxygen atoms in total. The molecule has 1 aromatic carbocycles. The number of carbonyl (C=O) groups excluding carboxylic acids is 1. The van der Waals surface area contributed by atoms with Crippen molar-refractivity contribution >= 4 is 23.1 Å². The van der Waals surface area contributed by atoms with Crippen molar-refractivity contribution in [2.45, 2.75) is 26.4 Å². The van der Waals surface area contributed by atoms with Gasteiger partial charge in [0.15, 0.2) is 5.65 Å². The second kappa shape index (κ2) is 7.98. The summed E-state index contributed by atoms with van der Waals surface area (Å²) >= 11 is 0. The highest BCUT2D eigenvalue weighted by atomic mass is 19.3. The van der Waals surface area contributed by atoms with Crippen LogP contribution in [0, 0.1) is 12.8 Å². The number of ether oxygens (including phenoxy) is 1. The maximum atomic E-state index is 12.7. The Labute approximate surface area is 165 Å². The normalized spacial score (nSPS) is 15.1. The van der Waals surface area contributed by atoms with E-state index in [0.29, 0.717) is 42.8 Å². The van der Waals surface area contributed by atoms with E-state index in [1.54, 1.807) is 29.9 Å². The molecule has 0 bridgehead atoms. The minimum atomic E-state index is -2.91. The van der Waals surface area contributed by atoms with E-state index in [0.717, 1.165) is 5.82 Å². The van der Waals surface area contributed by atoms with Gasteiger partial charge in [-0.1, -0.05) is 6.07 Å². The van der Waals surface area contributed by atoms with Crippen LogP contribution in [0.15, 0.2) is 36.7 Å². The number of aromatic nitrogens is 4. The van der Waals surface area contributed by atoms with Crippen molar-refractivity contribution in [1.29, 1.82) is 0 Å². The first-order chi connectivity index (χ1) is 14.0.